The van der Waals surface area contributed by atoms with Gasteiger partial charge in [-0.05, 0) is 25.2 Å². The third-order valence-corrected chi connectivity index (χ3v) is 5.03. The van der Waals surface area contributed by atoms with Crippen molar-refractivity contribution in [3.8, 4) is 6.07 Å². The number of imidazole rings is 1. The van der Waals surface area contributed by atoms with Gasteiger partial charge >= 0.3 is 0 Å². The lowest BCUT2D eigenvalue weighted by Crippen LogP contribution is -2.25. The number of thioether (sulfide) groups is 1. The Morgan fingerprint density at radius 1 is 1.37 bits per heavy atom. The van der Waals surface area contributed by atoms with Gasteiger partial charge in [0, 0.05) is 5.25 Å². The van der Waals surface area contributed by atoms with Crippen LogP contribution in [0.25, 0.3) is 11.2 Å². The van der Waals surface area contributed by atoms with E-state index in [1.54, 1.807) is 24.4 Å². The van der Waals surface area contributed by atoms with E-state index in [0.717, 1.165) is 29.8 Å². The molecule has 2 aromatic rings. The van der Waals surface area contributed by atoms with Crippen LogP contribution in [0.4, 0.5) is 0 Å². The van der Waals surface area contributed by atoms with Gasteiger partial charge in [-0.15, -0.1) is 0 Å². The van der Waals surface area contributed by atoms with Crippen LogP contribution >= 0.6 is 11.8 Å². The second-order valence-electron chi connectivity index (χ2n) is 5.09. The van der Waals surface area contributed by atoms with Crippen LogP contribution in [0.3, 0.4) is 0 Å². The highest BCUT2D eigenvalue weighted by atomic mass is 32.2. The number of hydrogen-bond acceptors (Lipinski definition) is 5. The van der Waals surface area contributed by atoms with Crippen LogP contribution in [0.5, 0.6) is 0 Å². The van der Waals surface area contributed by atoms with Gasteiger partial charge in [-0.1, -0.05) is 18.7 Å². The molecule has 0 aliphatic heterocycles. The van der Waals surface area contributed by atoms with Crippen molar-refractivity contribution in [3.05, 3.63) is 12.7 Å². The van der Waals surface area contributed by atoms with Crippen molar-refractivity contribution in [1.29, 1.82) is 5.26 Å². The average Bonchev–Trinajstić information content (AvgIpc) is 2.88. The molecule has 2 heterocycles. The predicted molar refractivity (Wildman–Crippen MR) is 73.4 cm³/mol. The van der Waals surface area contributed by atoms with Crippen LogP contribution < -0.4 is 0 Å². The summed E-state index contributed by atoms with van der Waals surface area (Å²) in [6, 6.07) is 2.45. The highest BCUT2D eigenvalue weighted by Gasteiger charge is 2.30. The van der Waals surface area contributed by atoms with Crippen molar-refractivity contribution in [3.63, 3.8) is 0 Å². The van der Waals surface area contributed by atoms with Crippen LogP contribution in [0.15, 0.2) is 17.7 Å². The van der Waals surface area contributed by atoms with Crippen molar-refractivity contribution in [2.75, 3.05) is 0 Å². The first kappa shape index (κ1) is 12.4. The molecule has 0 spiro atoms. The summed E-state index contributed by atoms with van der Waals surface area (Å²) in [5.74, 6) is 0.801. The molecule has 0 aromatic carbocycles. The van der Waals surface area contributed by atoms with E-state index in [1.807, 2.05) is 0 Å². The van der Waals surface area contributed by atoms with E-state index < -0.39 is 0 Å². The molecule has 0 amide bonds. The van der Waals surface area contributed by atoms with Crippen molar-refractivity contribution in [1.82, 2.24) is 19.9 Å². The highest BCUT2D eigenvalue weighted by Crippen LogP contribution is 2.40. The Morgan fingerprint density at radius 3 is 3.11 bits per heavy atom. The molecule has 19 heavy (non-hydrogen) atoms. The Kier molecular flexibility index (Phi) is 3.38. The summed E-state index contributed by atoms with van der Waals surface area (Å²) in [6.07, 6.45) is 6.39. The predicted octanol–water partition coefficient (Wildman–Crippen LogP) is 2.77. The first-order valence-electron chi connectivity index (χ1n) is 6.48. The minimum absolute atomic E-state index is 0.120. The number of rotatable bonds is 2. The lowest BCUT2D eigenvalue weighted by Gasteiger charge is -2.30. The number of hydrogen-bond donors (Lipinski definition) is 1. The summed E-state index contributed by atoms with van der Waals surface area (Å²) in [4.78, 5) is 15.7. The molecule has 1 saturated carbocycles. The number of nitriles is 1. The number of aromatic amines is 1. The van der Waals surface area contributed by atoms with Gasteiger partial charge in [0.05, 0.1) is 18.3 Å². The second kappa shape index (κ2) is 5.17. The summed E-state index contributed by atoms with van der Waals surface area (Å²) < 4.78 is 0. The van der Waals surface area contributed by atoms with E-state index in [1.165, 1.54) is 0 Å². The van der Waals surface area contributed by atoms with Crippen molar-refractivity contribution in [2.45, 2.75) is 36.5 Å². The summed E-state index contributed by atoms with van der Waals surface area (Å²) >= 11 is 1.69. The Bertz CT molecular complexity index is 617. The molecule has 3 rings (SSSR count). The molecule has 1 fully saturated rings. The summed E-state index contributed by atoms with van der Waals surface area (Å²) in [5.41, 5.74) is 1.57. The Balaban J connectivity index is 1.87. The number of H-pyrrole nitrogens is 1. The van der Waals surface area contributed by atoms with Crippen LogP contribution in [-0.2, 0) is 0 Å². The monoisotopic (exact) mass is 273 g/mol. The fraction of sp³-hybridized carbons (Fsp3) is 0.538. The number of nitrogens with one attached hydrogen (secondary N) is 1. The van der Waals surface area contributed by atoms with Crippen molar-refractivity contribution >= 4 is 22.9 Å². The number of nitrogens with zero attached hydrogens (tertiary/aromatic N) is 4. The zero-order chi connectivity index (χ0) is 13.2. The maximum absolute atomic E-state index is 9.28. The van der Waals surface area contributed by atoms with E-state index in [4.69, 9.17) is 0 Å². The van der Waals surface area contributed by atoms with Gasteiger partial charge in [0.2, 0.25) is 0 Å². The van der Waals surface area contributed by atoms with Gasteiger partial charge in [-0.2, -0.15) is 5.26 Å². The Labute approximate surface area is 115 Å². The van der Waals surface area contributed by atoms with Gasteiger partial charge in [0.15, 0.2) is 5.65 Å². The van der Waals surface area contributed by atoms with Gasteiger partial charge < -0.3 is 4.98 Å². The molecule has 98 valence electrons. The fourth-order valence-electron chi connectivity index (χ4n) is 2.58. The average molecular weight is 273 g/mol. The minimum Gasteiger partial charge on any atom is -0.341 e. The van der Waals surface area contributed by atoms with E-state index in [0.29, 0.717) is 16.8 Å². The quantitative estimate of drug-likeness (QED) is 0.851. The standard InChI is InChI=1S/C13H15N5S/c1-8-2-3-9(5-14)10(4-8)19-13-11-12(16-6-15-11)17-7-18-13/h6-10H,2-4H2,1H3,(H,15,16,17,18). The highest BCUT2D eigenvalue weighted by molar-refractivity contribution is 8.00. The molecular weight excluding hydrogens is 258 g/mol. The summed E-state index contributed by atoms with van der Waals surface area (Å²) in [6.45, 7) is 2.26. The van der Waals surface area contributed by atoms with E-state index in [2.05, 4.69) is 32.9 Å². The maximum atomic E-state index is 9.28. The number of fused-ring (bicyclic) bond motifs is 1. The van der Waals surface area contributed by atoms with Crippen LogP contribution in [-0.4, -0.2) is 25.2 Å². The number of aromatic nitrogens is 4. The van der Waals surface area contributed by atoms with E-state index in [-0.39, 0.29) is 5.92 Å². The normalized spacial score (nSPS) is 27.3. The van der Waals surface area contributed by atoms with Crippen LogP contribution in [0.2, 0.25) is 0 Å². The zero-order valence-corrected chi connectivity index (χ0v) is 11.5. The smallest absolute Gasteiger partial charge is 0.181 e. The first-order valence-corrected chi connectivity index (χ1v) is 7.36. The molecule has 0 saturated heterocycles. The molecule has 6 heteroatoms. The van der Waals surface area contributed by atoms with E-state index >= 15 is 0 Å². The fourth-order valence-corrected chi connectivity index (χ4v) is 4.03. The molecule has 1 aliphatic rings. The third-order valence-electron chi connectivity index (χ3n) is 3.67. The molecule has 0 radical (unpaired) electrons. The van der Waals surface area contributed by atoms with Crippen LogP contribution in [0, 0.1) is 23.2 Å². The third kappa shape index (κ3) is 2.43. The SMILES string of the molecule is CC1CCC(C#N)C(Sc2ncnc3nc[nH]c23)C1. The molecule has 1 N–H and O–H groups in total. The summed E-state index contributed by atoms with van der Waals surface area (Å²) in [7, 11) is 0. The van der Waals surface area contributed by atoms with Crippen LogP contribution in [0.1, 0.15) is 26.2 Å². The van der Waals surface area contributed by atoms with Gasteiger partial charge in [-0.25, -0.2) is 15.0 Å². The molecule has 5 nitrogen and oxygen atoms in total. The van der Waals surface area contributed by atoms with Gasteiger partial charge in [-0.3, -0.25) is 0 Å². The Hall–Kier alpha value is -1.61. The topological polar surface area (TPSA) is 78.2 Å². The molecule has 3 unspecified atom stereocenters. The van der Waals surface area contributed by atoms with Crippen molar-refractivity contribution < 1.29 is 0 Å². The molecule has 0 bridgehead atoms. The zero-order valence-electron chi connectivity index (χ0n) is 10.7. The second-order valence-corrected chi connectivity index (χ2v) is 6.32. The van der Waals surface area contributed by atoms with E-state index in [9.17, 15) is 5.26 Å². The minimum atomic E-state index is 0.120. The molecule has 2 aromatic heterocycles. The lowest BCUT2D eigenvalue weighted by molar-refractivity contribution is 0.345. The maximum Gasteiger partial charge on any atom is 0.181 e. The lowest BCUT2D eigenvalue weighted by atomic mass is 9.83. The first-order chi connectivity index (χ1) is 9.28. The van der Waals surface area contributed by atoms with Gasteiger partial charge in [0.25, 0.3) is 0 Å². The molecule has 1 aliphatic carbocycles. The van der Waals surface area contributed by atoms with Gasteiger partial charge in [0.1, 0.15) is 16.9 Å². The van der Waals surface area contributed by atoms with Crippen molar-refractivity contribution in [2.24, 2.45) is 11.8 Å². The molecule has 3 atom stereocenters. The largest absolute Gasteiger partial charge is 0.341 e. The molecular formula is C13H15N5S. The Morgan fingerprint density at radius 2 is 2.26 bits per heavy atom. The summed E-state index contributed by atoms with van der Waals surface area (Å²) in [5, 5.41) is 10.5.